The molecule has 5 heteroatoms. The van der Waals surface area contributed by atoms with E-state index in [1.807, 2.05) is 24.2 Å². The Kier molecular flexibility index (Phi) is 4.62. The minimum atomic E-state index is 0.723. The molecular formula is C12H20N4S. The van der Waals surface area contributed by atoms with Crippen molar-refractivity contribution in [1.82, 2.24) is 15.3 Å². The number of thioether (sulfide) groups is 1. The summed E-state index contributed by atoms with van der Waals surface area (Å²) >= 11 is 1.85. The zero-order chi connectivity index (χ0) is 12.1. The highest BCUT2D eigenvalue weighted by Gasteiger charge is 2.20. The molecule has 0 unspecified atom stereocenters. The number of aromatic nitrogens is 2. The molecule has 0 spiro atoms. The van der Waals surface area contributed by atoms with Gasteiger partial charge in [0.1, 0.15) is 5.82 Å². The monoisotopic (exact) mass is 252 g/mol. The maximum Gasteiger partial charge on any atom is 0.146 e. The molecule has 0 radical (unpaired) electrons. The van der Waals surface area contributed by atoms with Gasteiger partial charge in [-0.1, -0.05) is 0 Å². The van der Waals surface area contributed by atoms with Crippen molar-refractivity contribution < 1.29 is 0 Å². The summed E-state index contributed by atoms with van der Waals surface area (Å²) in [5, 5.41) is 3.44. The van der Waals surface area contributed by atoms with E-state index in [1.165, 1.54) is 12.8 Å². The third-order valence-electron chi connectivity index (χ3n) is 2.86. The summed E-state index contributed by atoms with van der Waals surface area (Å²) in [6, 6.07) is 0.723. The normalized spacial score (nSPS) is 14.9. The molecule has 1 aromatic heterocycles. The molecule has 1 heterocycles. The summed E-state index contributed by atoms with van der Waals surface area (Å²) in [7, 11) is 2.06. The lowest BCUT2D eigenvalue weighted by Gasteiger charge is -2.17. The standard InChI is InChI=1S/C12H20N4S/c1-16(5-6-17-2)12-9-14-11(8-15-12)7-13-10-3-4-10/h8-10,13H,3-7H2,1-2H3. The predicted octanol–water partition coefficient (Wildman–Crippen LogP) is 1.53. The van der Waals surface area contributed by atoms with Crippen LogP contribution in [0, 0.1) is 0 Å². The topological polar surface area (TPSA) is 41.1 Å². The minimum Gasteiger partial charge on any atom is -0.358 e. The van der Waals surface area contributed by atoms with Gasteiger partial charge in [-0.3, -0.25) is 4.98 Å². The average molecular weight is 252 g/mol. The molecule has 4 nitrogen and oxygen atoms in total. The minimum absolute atomic E-state index is 0.723. The van der Waals surface area contributed by atoms with Gasteiger partial charge in [0.15, 0.2) is 0 Å². The average Bonchev–Trinajstić information content (AvgIpc) is 3.18. The maximum atomic E-state index is 4.44. The van der Waals surface area contributed by atoms with Gasteiger partial charge in [0.25, 0.3) is 0 Å². The number of anilines is 1. The fourth-order valence-electron chi connectivity index (χ4n) is 1.52. The Labute approximate surface area is 107 Å². The largest absolute Gasteiger partial charge is 0.358 e. The Morgan fingerprint density at radius 1 is 1.41 bits per heavy atom. The molecule has 1 aliphatic rings. The van der Waals surface area contributed by atoms with Crippen LogP contribution in [0.2, 0.25) is 0 Å². The molecule has 0 atom stereocenters. The number of rotatable bonds is 7. The highest BCUT2D eigenvalue weighted by molar-refractivity contribution is 7.98. The summed E-state index contributed by atoms with van der Waals surface area (Å²) in [4.78, 5) is 11.0. The quantitative estimate of drug-likeness (QED) is 0.797. The van der Waals surface area contributed by atoms with Gasteiger partial charge in [0.2, 0.25) is 0 Å². The molecule has 0 aliphatic heterocycles. The summed E-state index contributed by atoms with van der Waals surface area (Å²) in [6.45, 7) is 1.85. The van der Waals surface area contributed by atoms with E-state index in [4.69, 9.17) is 0 Å². The van der Waals surface area contributed by atoms with Crippen molar-refractivity contribution >= 4 is 17.6 Å². The molecule has 1 aliphatic carbocycles. The van der Waals surface area contributed by atoms with Gasteiger partial charge in [-0.25, -0.2) is 4.98 Å². The molecule has 17 heavy (non-hydrogen) atoms. The third kappa shape index (κ3) is 4.16. The first kappa shape index (κ1) is 12.6. The molecular weight excluding hydrogens is 232 g/mol. The first-order chi connectivity index (χ1) is 8.29. The Morgan fingerprint density at radius 2 is 2.24 bits per heavy atom. The molecule has 1 N–H and O–H groups in total. The zero-order valence-electron chi connectivity index (χ0n) is 10.5. The van der Waals surface area contributed by atoms with Crippen LogP contribution in [0.5, 0.6) is 0 Å². The lowest BCUT2D eigenvalue weighted by Crippen LogP contribution is -2.22. The molecule has 0 amide bonds. The first-order valence-electron chi connectivity index (χ1n) is 6.04. The SMILES string of the molecule is CSCCN(C)c1cnc(CNC2CC2)cn1. The second-order valence-electron chi connectivity index (χ2n) is 4.44. The van der Waals surface area contributed by atoms with Crippen molar-refractivity contribution in [3.8, 4) is 0 Å². The van der Waals surface area contributed by atoms with E-state index in [0.717, 1.165) is 36.4 Å². The molecule has 2 rings (SSSR count). The van der Waals surface area contributed by atoms with Crippen molar-refractivity contribution in [3.63, 3.8) is 0 Å². The van der Waals surface area contributed by atoms with Crippen LogP contribution in [0.15, 0.2) is 12.4 Å². The van der Waals surface area contributed by atoms with E-state index >= 15 is 0 Å². The number of nitrogens with one attached hydrogen (secondary N) is 1. The van der Waals surface area contributed by atoms with Crippen LogP contribution in [0.3, 0.4) is 0 Å². The van der Waals surface area contributed by atoms with E-state index in [9.17, 15) is 0 Å². The summed E-state index contributed by atoms with van der Waals surface area (Å²) in [5.74, 6) is 2.07. The summed E-state index contributed by atoms with van der Waals surface area (Å²) < 4.78 is 0. The molecule has 1 saturated carbocycles. The van der Waals surface area contributed by atoms with Gasteiger partial charge in [0, 0.05) is 31.9 Å². The lowest BCUT2D eigenvalue weighted by molar-refractivity contribution is 0.671. The van der Waals surface area contributed by atoms with Gasteiger partial charge in [-0.2, -0.15) is 11.8 Å². The molecule has 1 fully saturated rings. The Morgan fingerprint density at radius 3 is 2.82 bits per heavy atom. The Bertz CT molecular complexity index is 337. The first-order valence-corrected chi connectivity index (χ1v) is 7.43. The van der Waals surface area contributed by atoms with E-state index in [0.29, 0.717) is 0 Å². The second-order valence-corrected chi connectivity index (χ2v) is 5.42. The number of hydrogen-bond acceptors (Lipinski definition) is 5. The van der Waals surface area contributed by atoms with Crippen LogP contribution in [-0.2, 0) is 6.54 Å². The second kappa shape index (κ2) is 6.21. The van der Waals surface area contributed by atoms with E-state index in [1.54, 1.807) is 0 Å². The highest BCUT2D eigenvalue weighted by atomic mass is 32.2. The number of hydrogen-bond donors (Lipinski definition) is 1. The molecule has 0 bridgehead atoms. The van der Waals surface area contributed by atoms with Crippen molar-refractivity contribution in [2.75, 3.05) is 30.5 Å². The molecule has 1 aromatic rings. The zero-order valence-corrected chi connectivity index (χ0v) is 11.3. The van der Waals surface area contributed by atoms with Crippen molar-refractivity contribution in [2.45, 2.75) is 25.4 Å². The van der Waals surface area contributed by atoms with Crippen LogP contribution in [0.4, 0.5) is 5.82 Å². The van der Waals surface area contributed by atoms with Crippen molar-refractivity contribution in [2.24, 2.45) is 0 Å². The van der Waals surface area contributed by atoms with Crippen molar-refractivity contribution in [3.05, 3.63) is 18.1 Å². The number of nitrogens with zero attached hydrogens (tertiary/aromatic N) is 3. The van der Waals surface area contributed by atoms with E-state index in [2.05, 4.69) is 33.5 Å². The van der Waals surface area contributed by atoms with Gasteiger partial charge >= 0.3 is 0 Å². The van der Waals surface area contributed by atoms with Crippen LogP contribution in [-0.4, -0.2) is 41.6 Å². The van der Waals surface area contributed by atoms with Crippen LogP contribution >= 0.6 is 11.8 Å². The van der Waals surface area contributed by atoms with Crippen LogP contribution in [0.25, 0.3) is 0 Å². The van der Waals surface area contributed by atoms with Crippen molar-refractivity contribution in [1.29, 1.82) is 0 Å². The summed E-state index contributed by atoms with van der Waals surface area (Å²) in [6.07, 6.45) is 8.47. The van der Waals surface area contributed by atoms with Gasteiger partial charge in [-0.05, 0) is 19.1 Å². The van der Waals surface area contributed by atoms with Gasteiger partial charge in [-0.15, -0.1) is 0 Å². The summed E-state index contributed by atoms with van der Waals surface area (Å²) in [5.41, 5.74) is 1.03. The predicted molar refractivity (Wildman–Crippen MR) is 73.5 cm³/mol. The van der Waals surface area contributed by atoms with E-state index < -0.39 is 0 Å². The smallest absolute Gasteiger partial charge is 0.146 e. The van der Waals surface area contributed by atoms with E-state index in [-0.39, 0.29) is 0 Å². The molecule has 0 saturated heterocycles. The van der Waals surface area contributed by atoms with Crippen LogP contribution in [0.1, 0.15) is 18.5 Å². The Balaban J connectivity index is 1.82. The molecule has 94 valence electrons. The highest BCUT2D eigenvalue weighted by Crippen LogP contribution is 2.19. The fraction of sp³-hybridized carbons (Fsp3) is 0.667. The Hall–Kier alpha value is -0.810. The molecule has 0 aromatic carbocycles. The fourth-order valence-corrected chi connectivity index (χ4v) is 1.97. The lowest BCUT2D eigenvalue weighted by atomic mass is 10.4. The van der Waals surface area contributed by atoms with Crippen LogP contribution < -0.4 is 10.2 Å². The van der Waals surface area contributed by atoms with Gasteiger partial charge < -0.3 is 10.2 Å². The third-order valence-corrected chi connectivity index (χ3v) is 3.45. The van der Waals surface area contributed by atoms with Gasteiger partial charge in [0.05, 0.1) is 18.1 Å². The maximum absolute atomic E-state index is 4.44.